The van der Waals surface area contributed by atoms with Crippen molar-refractivity contribution in [2.75, 3.05) is 5.73 Å². The molecule has 4 heteroatoms. The van der Waals surface area contributed by atoms with Crippen LogP contribution in [0.4, 0.5) is 5.69 Å². The van der Waals surface area contributed by atoms with Gasteiger partial charge in [-0.3, -0.25) is 0 Å². The van der Waals surface area contributed by atoms with Crippen LogP contribution in [0.1, 0.15) is 5.56 Å². The number of benzene rings is 1. The summed E-state index contributed by atoms with van der Waals surface area (Å²) in [6.07, 6.45) is 0. The van der Waals surface area contributed by atoms with Gasteiger partial charge in [-0.05, 0) is 18.2 Å². The molecule has 1 aromatic carbocycles. The Kier molecular flexibility index (Phi) is 4.17. The van der Waals surface area contributed by atoms with Crippen molar-refractivity contribution in [3.05, 3.63) is 23.8 Å². The molecular formula is C7H6N2SZn+2. The van der Waals surface area contributed by atoms with Crippen molar-refractivity contribution in [1.29, 1.82) is 5.26 Å². The molecule has 0 spiro atoms. The van der Waals surface area contributed by atoms with Crippen LogP contribution in [0.2, 0.25) is 0 Å². The SMILES string of the molecule is N#Cc1ccc(S)c(N)c1.[Zn+2]. The summed E-state index contributed by atoms with van der Waals surface area (Å²) in [4.78, 5) is 0.707. The van der Waals surface area contributed by atoms with E-state index in [1.54, 1.807) is 18.2 Å². The fourth-order valence-electron chi connectivity index (χ4n) is 0.624. The molecule has 2 N–H and O–H groups in total. The van der Waals surface area contributed by atoms with Gasteiger partial charge in [0, 0.05) is 10.6 Å². The second-order valence-electron chi connectivity index (χ2n) is 1.89. The molecule has 1 aromatic rings. The van der Waals surface area contributed by atoms with E-state index in [1.165, 1.54) is 0 Å². The first kappa shape index (κ1) is 10.5. The summed E-state index contributed by atoms with van der Waals surface area (Å²) < 4.78 is 0. The maximum Gasteiger partial charge on any atom is 2.00 e. The standard InChI is InChI=1S/C7H6N2S.Zn/c8-4-5-1-2-7(10)6(9)3-5;/h1-3,10H,9H2;/q;+2. The quantitative estimate of drug-likeness (QED) is 0.391. The summed E-state index contributed by atoms with van der Waals surface area (Å²) in [6, 6.07) is 6.97. The molecule has 11 heavy (non-hydrogen) atoms. The Hall–Kier alpha value is -0.517. The third-order valence-electron chi connectivity index (χ3n) is 1.16. The normalized spacial score (nSPS) is 8.00. The molecule has 50 valence electrons. The number of nitrogen functional groups attached to an aromatic ring is 1. The summed E-state index contributed by atoms with van der Waals surface area (Å²) in [6.45, 7) is 0. The molecule has 0 bridgehead atoms. The van der Waals surface area contributed by atoms with Crippen LogP contribution >= 0.6 is 12.6 Å². The maximum atomic E-state index is 8.42. The van der Waals surface area contributed by atoms with Crippen molar-refractivity contribution in [1.82, 2.24) is 0 Å². The molecule has 0 aliphatic carbocycles. The molecule has 0 amide bonds. The molecule has 2 nitrogen and oxygen atoms in total. The number of hydrogen-bond donors (Lipinski definition) is 2. The van der Waals surface area contributed by atoms with Crippen LogP contribution < -0.4 is 5.73 Å². The third-order valence-corrected chi connectivity index (χ3v) is 1.56. The Labute approximate surface area is 83.6 Å². The average molecular weight is 216 g/mol. The predicted octanol–water partition coefficient (Wildman–Crippen LogP) is 1.43. The van der Waals surface area contributed by atoms with Gasteiger partial charge in [0.2, 0.25) is 0 Å². The van der Waals surface area contributed by atoms with Crippen molar-refractivity contribution < 1.29 is 19.5 Å². The minimum absolute atomic E-state index is 0. The summed E-state index contributed by atoms with van der Waals surface area (Å²) in [5.41, 5.74) is 6.58. The van der Waals surface area contributed by atoms with E-state index in [4.69, 9.17) is 11.0 Å². The third kappa shape index (κ3) is 2.53. The molecule has 0 aromatic heterocycles. The van der Waals surface area contributed by atoms with E-state index in [-0.39, 0.29) is 19.5 Å². The van der Waals surface area contributed by atoms with Crippen LogP contribution in [0.3, 0.4) is 0 Å². The van der Waals surface area contributed by atoms with E-state index < -0.39 is 0 Å². The van der Waals surface area contributed by atoms with Gasteiger partial charge in [-0.2, -0.15) is 5.26 Å². The second kappa shape index (κ2) is 4.38. The Bertz CT molecular complexity index is 293. The molecule has 0 atom stereocenters. The van der Waals surface area contributed by atoms with Crippen molar-refractivity contribution >= 4 is 18.3 Å². The number of nitriles is 1. The van der Waals surface area contributed by atoms with Crippen LogP contribution in [-0.2, 0) is 19.5 Å². The number of thiol groups is 1. The largest absolute Gasteiger partial charge is 2.00 e. The number of nitrogens with two attached hydrogens (primary N) is 1. The van der Waals surface area contributed by atoms with Gasteiger partial charge < -0.3 is 5.73 Å². The first-order valence-electron chi connectivity index (χ1n) is 2.72. The van der Waals surface area contributed by atoms with E-state index in [1.807, 2.05) is 6.07 Å². The fraction of sp³-hybridized carbons (Fsp3) is 0. The van der Waals surface area contributed by atoms with Gasteiger partial charge in [-0.25, -0.2) is 0 Å². The summed E-state index contributed by atoms with van der Waals surface area (Å²) >= 11 is 4.05. The first-order valence-corrected chi connectivity index (χ1v) is 3.17. The summed E-state index contributed by atoms with van der Waals surface area (Å²) in [5, 5.41) is 8.42. The maximum absolute atomic E-state index is 8.42. The number of anilines is 1. The van der Waals surface area contributed by atoms with E-state index in [9.17, 15) is 0 Å². The molecule has 0 saturated heterocycles. The molecule has 0 saturated carbocycles. The van der Waals surface area contributed by atoms with Crippen LogP contribution in [0.15, 0.2) is 23.1 Å². The number of rotatable bonds is 0. The minimum atomic E-state index is 0. The van der Waals surface area contributed by atoms with Gasteiger partial charge in [0.25, 0.3) is 0 Å². The van der Waals surface area contributed by atoms with E-state index in [0.29, 0.717) is 16.1 Å². The Morgan fingerprint density at radius 3 is 2.55 bits per heavy atom. The second-order valence-corrected chi connectivity index (χ2v) is 2.37. The molecular weight excluding hydrogens is 210 g/mol. The molecule has 0 heterocycles. The van der Waals surface area contributed by atoms with Crippen molar-refractivity contribution in [2.24, 2.45) is 0 Å². The Morgan fingerprint density at radius 1 is 1.45 bits per heavy atom. The molecule has 0 unspecified atom stereocenters. The Balaban J connectivity index is 0.000001000. The molecule has 0 fully saturated rings. The zero-order valence-electron chi connectivity index (χ0n) is 5.91. The van der Waals surface area contributed by atoms with Crippen molar-refractivity contribution in [2.45, 2.75) is 4.90 Å². The molecule has 0 radical (unpaired) electrons. The number of hydrogen-bond acceptors (Lipinski definition) is 3. The van der Waals surface area contributed by atoms with Crippen molar-refractivity contribution in [3.63, 3.8) is 0 Å². The predicted molar refractivity (Wildman–Crippen MR) is 42.8 cm³/mol. The minimum Gasteiger partial charge on any atom is -0.398 e. The van der Waals surface area contributed by atoms with E-state index in [0.717, 1.165) is 0 Å². The molecule has 1 rings (SSSR count). The van der Waals surface area contributed by atoms with Crippen molar-refractivity contribution in [3.8, 4) is 6.07 Å². The zero-order chi connectivity index (χ0) is 7.56. The van der Waals surface area contributed by atoms with Gasteiger partial charge in [0.05, 0.1) is 11.6 Å². The first-order chi connectivity index (χ1) is 4.74. The van der Waals surface area contributed by atoms with Gasteiger partial charge >= 0.3 is 19.5 Å². The van der Waals surface area contributed by atoms with E-state index in [2.05, 4.69) is 12.6 Å². The molecule has 0 aliphatic rings. The Morgan fingerprint density at radius 2 is 2.09 bits per heavy atom. The fourth-order valence-corrected chi connectivity index (χ4v) is 0.763. The monoisotopic (exact) mass is 214 g/mol. The molecule has 0 aliphatic heterocycles. The van der Waals surface area contributed by atoms with Gasteiger partial charge in [0.15, 0.2) is 0 Å². The van der Waals surface area contributed by atoms with Gasteiger partial charge in [-0.1, -0.05) is 0 Å². The zero-order valence-corrected chi connectivity index (χ0v) is 9.77. The average Bonchev–Trinajstić information content (AvgIpc) is 1.95. The van der Waals surface area contributed by atoms with Crippen LogP contribution in [0.5, 0.6) is 0 Å². The van der Waals surface area contributed by atoms with Crippen LogP contribution in [0.25, 0.3) is 0 Å². The van der Waals surface area contributed by atoms with Crippen LogP contribution in [-0.4, -0.2) is 0 Å². The van der Waals surface area contributed by atoms with E-state index >= 15 is 0 Å². The topological polar surface area (TPSA) is 49.8 Å². The van der Waals surface area contributed by atoms with Gasteiger partial charge in [0.1, 0.15) is 0 Å². The van der Waals surface area contributed by atoms with Gasteiger partial charge in [-0.15, -0.1) is 12.6 Å². The smallest absolute Gasteiger partial charge is 0.398 e. The number of nitrogens with zero attached hydrogens (tertiary/aromatic N) is 1. The van der Waals surface area contributed by atoms with Crippen LogP contribution in [0, 0.1) is 11.3 Å². The summed E-state index contributed by atoms with van der Waals surface area (Å²) in [7, 11) is 0. The summed E-state index contributed by atoms with van der Waals surface area (Å²) in [5.74, 6) is 0.